The number of nitrogens with one attached hydrogen (secondary N) is 1. The first-order valence-corrected chi connectivity index (χ1v) is 6.19. The minimum absolute atomic E-state index is 0.501. The summed E-state index contributed by atoms with van der Waals surface area (Å²) in [5.41, 5.74) is 5.69. The number of hydrogen-bond donors (Lipinski definition) is 1. The standard InChI is InChI=1S/C16H17N/c1-12-7-8-15-14(9-12)10-17-11-16(15)13-5-3-2-4-6-13/h2-9,16-17H,10-11H2,1H3. The molecule has 0 radical (unpaired) electrons. The van der Waals surface area contributed by atoms with Crippen molar-refractivity contribution < 1.29 is 0 Å². The van der Waals surface area contributed by atoms with Gasteiger partial charge in [0.1, 0.15) is 0 Å². The van der Waals surface area contributed by atoms with Crippen LogP contribution in [0.3, 0.4) is 0 Å². The molecule has 1 nitrogen and oxygen atoms in total. The van der Waals surface area contributed by atoms with E-state index in [9.17, 15) is 0 Å². The van der Waals surface area contributed by atoms with Gasteiger partial charge in [0.05, 0.1) is 0 Å². The normalized spacial score (nSPS) is 18.8. The van der Waals surface area contributed by atoms with Crippen molar-refractivity contribution in [2.45, 2.75) is 19.4 Å². The average Bonchev–Trinajstić information content (AvgIpc) is 2.39. The van der Waals surface area contributed by atoms with Crippen LogP contribution in [0.1, 0.15) is 28.2 Å². The highest BCUT2D eigenvalue weighted by atomic mass is 14.9. The second-order valence-corrected chi connectivity index (χ2v) is 4.80. The Morgan fingerprint density at radius 2 is 1.88 bits per heavy atom. The second kappa shape index (κ2) is 4.34. The van der Waals surface area contributed by atoms with E-state index in [1.165, 1.54) is 22.3 Å². The van der Waals surface area contributed by atoms with Gasteiger partial charge < -0.3 is 5.32 Å². The van der Waals surface area contributed by atoms with Crippen molar-refractivity contribution in [1.82, 2.24) is 5.32 Å². The van der Waals surface area contributed by atoms with Gasteiger partial charge in [-0.05, 0) is 23.6 Å². The van der Waals surface area contributed by atoms with Gasteiger partial charge >= 0.3 is 0 Å². The molecule has 0 fully saturated rings. The summed E-state index contributed by atoms with van der Waals surface area (Å²) in [6, 6.07) is 17.6. The van der Waals surface area contributed by atoms with Crippen LogP contribution in [0, 0.1) is 6.92 Å². The van der Waals surface area contributed by atoms with Crippen molar-refractivity contribution in [3.8, 4) is 0 Å². The van der Waals surface area contributed by atoms with E-state index in [2.05, 4.69) is 60.8 Å². The van der Waals surface area contributed by atoms with Crippen molar-refractivity contribution >= 4 is 0 Å². The van der Waals surface area contributed by atoms with Crippen LogP contribution in [-0.2, 0) is 6.54 Å². The van der Waals surface area contributed by atoms with E-state index in [1.54, 1.807) is 0 Å². The van der Waals surface area contributed by atoms with Crippen LogP contribution in [0.2, 0.25) is 0 Å². The molecule has 3 rings (SSSR count). The van der Waals surface area contributed by atoms with Crippen molar-refractivity contribution in [3.05, 3.63) is 70.8 Å². The summed E-state index contributed by atoms with van der Waals surface area (Å²) in [6.07, 6.45) is 0. The molecule has 2 aromatic carbocycles. The molecule has 0 saturated heterocycles. The van der Waals surface area contributed by atoms with Gasteiger partial charge in [0.15, 0.2) is 0 Å². The van der Waals surface area contributed by atoms with Gasteiger partial charge in [0, 0.05) is 19.0 Å². The predicted octanol–water partition coefficient (Wildman–Crippen LogP) is 3.23. The maximum atomic E-state index is 3.52. The van der Waals surface area contributed by atoms with Crippen molar-refractivity contribution in [3.63, 3.8) is 0 Å². The van der Waals surface area contributed by atoms with Crippen molar-refractivity contribution in [1.29, 1.82) is 0 Å². The van der Waals surface area contributed by atoms with Crippen LogP contribution in [0.25, 0.3) is 0 Å². The Labute approximate surface area is 102 Å². The lowest BCUT2D eigenvalue weighted by atomic mass is 9.85. The summed E-state index contributed by atoms with van der Waals surface area (Å²) >= 11 is 0. The molecule has 1 N–H and O–H groups in total. The molecule has 1 atom stereocenters. The third kappa shape index (κ3) is 1.98. The molecule has 17 heavy (non-hydrogen) atoms. The zero-order valence-corrected chi connectivity index (χ0v) is 10.1. The first-order valence-electron chi connectivity index (χ1n) is 6.19. The Morgan fingerprint density at radius 3 is 2.71 bits per heavy atom. The molecule has 0 aliphatic carbocycles. The molecule has 1 heterocycles. The number of hydrogen-bond acceptors (Lipinski definition) is 1. The summed E-state index contributed by atoms with van der Waals surface area (Å²) in [5, 5.41) is 3.52. The molecule has 0 bridgehead atoms. The van der Waals surface area contributed by atoms with Gasteiger partial charge in [0.2, 0.25) is 0 Å². The third-order valence-corrected chi connectivity index (χ3v) is 3.54. The molecular formula is C16H17N. The number of fused-ring (bicyclic) bond motifs is 1. The SMILES string of the molecule is Cc1ccc2c(c1)CNCC2c1ccccc1. The Morgan fingerprint density at radius 1 is 1.06 bits per heavy atom. The Balaban J connectivity index is 2.06. The molecule has 1 heteroatoms. The fraction of sp³-hybridized carbons (Fsp3) is 0.250. The van der Waals surface area contributed by atoms with Gasteiger partial charge in [-0.1, -0.05) is 54.1 Å². The van der Waals surface area contributed by atoms with Gasteiger partial charge in [-0.2, -0.15) is 0 Å². The van der Waals surface area contributed by atoms with Crippen LogP contribution in [0.15, 0.2) is 48.5 Å². The molecule has 86 valence electrons. The highest BCUT2D eigenvalue weighted by Gasteiger charge is 2.20. The molecule has 2 aromatic rings. The van der Waals surface area contributed by atoms with E-state index in [-0.39, 0.29) is 0 Å². The summed E-state index contributed by atoms with van der Waals surface area (Å²) in [5.74, 6) is 0.501. The number of aryl methyl sites for hydroxylation is 1. The molecule has 0 spiro atoms. The lowest BCUT2D eigenvalue weighted by Crippen LogP contribution is -2.28. The average molecular weight is 223 g/mol. The molecule has 0 aromatic heterocycles. The zero-order chi connectivity index (χ0) is 11.7. The minimum Gasteiger partial charge on any atom is -0.312 e. The predicted molar refractivity (Wildman–Crippen MR) is 71.2 cm³/mol. The first-order chi connectivity index (χ1) is 8.34. The molecule has 0 saturated carbocycles. The molecular weight excluding hydrogens is 206 g/mol. The van der Waals surface area contributed by atoms with E-state index in [1.807, 2.05) is 0 Å². The van der Waals surface area contributed by atoms with Crippen molar-refractivity contribution in [2.24, 2.45) is 0 Å². The molecule has 0 amide bonds. The largest absolute Gasteiger partial charge is 0.312 e. The van der Waals surface area contributed by atoms with Crippen LogP contribution >= 0.6 is 0 Å². The summed E-state index contributed by atoms with van der Waals surface area (Å²) in [7, 11) is 0. The Hall–Kier alpha value is -1.60. The van der Waals surface area contributed by atoms with Crippen LogP contribution in [0.4, 0.5) is 0 Å². The number of rotatable bonds is 1. The monoisotopic (exact) mass is 223 g/mol. The fourth-order valence-corrected chi connectivity index (χ4v) is 2.67. The van der Waals surface area contributed by atoms with E-state index in [0.29, 0.717) is 5.92 Å². The van der Waals surface area contributed by atoms with E-state index < -0.39 is 0 Å². The topological polar surface area (TPSA) is 12.0 Å². The van der Waals surface area contributed by atoms with Crippen molar-refractivity contribution in [2.75, 3.05) is 6.54 Å². The van der Waals surface area contributed by atoms with E-state index in [4.69, 9.17) is 0 Å². The number of benzene rings is 2. The second-order valence-electron chi connectivity index (χ2n) is 4.80. The lowest BCUT2D eigenvalue weighted by Gasteiger charge is -2.27. The zero-order valence-electron chi connectivity index (χ0n) is 10.1. The van der Waals surface area contributed by atoms with Crippen LogP contribution < -0.4 is 5.32 Å². The molecule has 1 aliphatic heterocycles. The summed E-state index contributed by atoms with van der Waals surface area (Å²) in [4.78, 5) is 0. The maximum Gasteiger partial charge on any atom is 0.0218 e. The van der Waals surface area contributed by atoms with Crippen LogP contribution in [-0.4, -0.2) is 6.54 Å². The maximum absolute atomic E-state index is 3.52. The van der Waals surface area contributed by atoms with E-state index >= 15 is 0 Å². The first kappa shape index (κ1) is 10.5. The van der Waals surface area contributed by atoms with Gasteiger partial charge in [-0.3, -0.25) is 0 Å². The summed E-state index contributed by atoms with van der Waals surface area (Å²) in [6.45, 7) is 4.20. The molecule has 1 aliphatic rings. The van der Waals surface area contributed by atoms with Gasteiger partial charge in [-0.15, -0.1) is 0 Å². The molecule has 1 unspecified atom stereocenters. The highest BCUT2D eigenvalue weighted by molar-refractivity contribution is 5.41. The minimum atomic E-state index is 0.501. The fourth-order valence-electron chi connectivity index (χ4n) is 2.67. The highest BCUT2D eigenvalue weighted by Crippen LogP contribution is 2.30. The third-order valence-electron chi connectivity index (χ3n) is 3.54. The lowest BCUT2D eigenvalue weighted by molar-refractivity contribution is 0.591. The Bertz CT molecular complexity index is 516. The summed E-state index contributed by atoms with van der Waals surface area (Å²) < 4.78 is 0. The quantitative estimate of drug-likeness (QED) is 0.782. The van der Waals surface area contributed by atoms with E-state index in [0.717, 1.165) is 13.1 Å². The van der Waals surface area contributed by atoms with Gasteiger partial charge in [-0.25, -0.2) is 0 Å². The smallest absolute Gasteiger partial charge is 0.0218 e. The van der Waals surface area contributed by atoms with Crippen LogP contribution in [0.5, 0.6) is 0 Å². The Kier molecular flexibility index (Phi) is 2.69. The van der Waals surface area contributed by atoms with Gasteiger partial charge in [0.25, 0.3) is 0 Å².